The van der Waals surface area contributed by atoms with E-state index in [-0.39, 0.29) is 36.1 Å². The normalized spacial score (nSPS) is 13.1. The fourth-order valence-electron chi connectivity index (χ4n) is 3.05. The van der Waals surface area contributed by atoms with Crippen molar-refractivity contribution in [2.75, 3.05) is 6.54 Å². The zero-order valence-electron chi connectivity index (χ0n) is 18.5. The van der Waals surface area contributed by atoms with Gasteiger partial charge in [0.05, 0.1) is 23.2 Å². The lowest BCUT2D eigenvalue weighted by molar-refractivity contribution is -0.137. The lowest BCUT2D eigenvalue weighted by Gasteiger charge is -2.10. The third-order valence-electron chi connectivity index (χ3n) is 4.87. The summed E-state index contributed by atoms with van der Waals surface area (Å²) in [6.07, 6.45) is -4.31. The van der Waals surface area contributed by atoms with E-state index < -0.39 is 41.3 Å². The van der Waals surface area contributed by atoms with Gasteiger partial charge in [-0.15, -0.1) is 0 Å². The lowest BCUT2D eigenvalue weighted by Crippen LogP contribution is -2.27. The monoisotopic (exact) mass is 501 g/mol. The molecule has 0 radical (unpaired) electrons. The van der Waals surface area contributed by atoms with E-state index in [9.17, 15) is 35.9 Å². The Labute approximate surface area is 196 Å². The van der Waals surface area contributed by atoms with Gasteiger partial charge in [0.2, 0.25) is 0 Å². The minimum absolute atomic E-state index is 0.0628. The molecule has 2 rings (SSSR count). The molecule has 0 spiro atoms. The molecule has 2 N–H and O–H groups in total. The van der Waals surface area contributed by atoms with E-state index in [1.165, 1.54) is 26.1 Å². The summed E-state index contributed by atoms with van der Waals surface area (Å²) >= 11 is 0. The number of alkyl halides is 5. The molecule has 1 aromatic carbocycles. The van der Waals surface area contributed by atoms with Gasteiger partial charge in [-0.1, -0.05) is 24.3 Å². The van der Waals surface area contributed by atoms with Gasteiger partial charge in [0.25, 0.3) is 12.3 Å². The molecular weight excluding hydrogens is 480 g/mol. The molecule has 1 amide bonds. The number of hydrogen-bond acceptors (Lipinski definition) is 3. The van der Waals surface area contributed by atoms with Crippen LogP contribution in [-0.2, 0) is 24.4 Å². The maximum absolute atomic E-state index is 13.7. The Morgan fingerprint density at radius 3 is 2.31 bits per heavy atom. The van der Waals surface area contributed by atoms with Gasteiger partial charge in [0, 0.05) is 25.6 Å². The van der Waals surface area contributed by atoms with Crippen LogP contribution in [0.25, 0.3) is 0 Å². The lowest BCUT2D eigenvalue weighted by atomic mass is 10.0. The Morgan fingerprint density at radius 1 is 1.17 bits per heavy atom. The molecule has 12 heteroatoms. The van der Waals surface area contributed by atoms with Crippen LogP contribution in [0.2, 0.25) is 0 Å². The Balaban J connectivity index is 2.34. The summed E-state index contributed by atoms with van der Waals surface area (Å²) in [4.78, 5) is 23.7. The van der Waals surface area contributed by atoms with Gasteiger partial charge in [-0.3, -0.25) is 9.48 Å². The Morgan fingerprint density at radius 2 is 1.80 bits per heavy atom. The van der Waals surface area contributed by atoms with Crippen molar-refractivity contribution in [2.45, 2.75) is 25.9 Å². The average Bonchev–Trinajstić information content (AvgIpc) is 3.10. The number of amides is 1. The summed E-state index contributed by atoms with van der Waals surface area (Å²) in [5.41, 5.74) is -1.75. The van der Waals surface area contributed by atoms with Crippen molar-refractivity contribution >= 4 is 11.9 Å². The number of halogens is 6. The molecule has 0 unspecified atom stereocenters. The molecule has 6 nitrogen and oxygen atoms in total. The standard InChI is InChI=1S/C23H21F6N3O3/c1-13(22(34)35)3-4-15(9-10-24)12-30-21(33)18-17(31-32(2)19(18)20(25)26)11-14-5-7-16(8-6-14)23(27,28)29/h3-10,20H,11-12H2,1-2H3,(H,30,33)(H,34,35). The van der Waals surface area contributed by atoms with E-state index >= 15 is 0 Å². The molecule has 0 aliphatic heterocycles. The fraction of sp³-hybridized carbons (Fsp3) is 0.261. The molecule has 0 aliphatic carbocycles. The van der Waals surface area contributed by atoms with Gasteiger partial charge in [-0.2, -0.15) is 18.3 Å². The summed E-state index contributed by atoms with van der Waals surface area (Å²) in [5.74, 6) is -2.17. The minimum Gasteiger partial charge on any atom is -0.478 e. The summed E-state index contributed by atoms with van der Waals surface area (Å²) in [6.45, 7) is 0.964. The number of carboxylic acids is 1. The summed E-state index contributed by atoms with van der Waals surface area (Å²) in [7, 11) is 1.20. The molecule has 1 aromatic heterocycles. The van der Waals surface area contributed by atoms with Crippen molar-refractivity contribution in [1.29, 1.82) is 0 Å². The van der Waals surface area contributed by atoms with Gasteiger partial charge in [0.1, 0.15) is 5.69 Å². The first-order valence-electron chi connectivity index (χ1n) is 10.0. The number of aryl methyl sites for hydroxylation is 1. The fourth-order valence-corrected chi connectivity index (χ4v) is 3.05. The predicted octanol–water partition coefficient (Wildman–Crippen LogP) is 5.14. The third kappa shape index (κ3) is 7.33. The molecule has 35 heavy (non-hydrogen) atoms. The number of nitrogens with zero attached hydrogens (tertiary/aromatic N) is 2. The first-order valence-corrected chi connectivity index (χ1v) is 10.0. The number of nitrogens with one attached hydrogen (secondary N) is 1. The highest BCUT2D eigenvalue weighted by Gasteiger charge is 2.31. The number of aromatic nitrogens is 2. The molecule has 0 fully saturated rings. The average molecular weight is 501 g/mol. The molecule has 0 bridgehead atoms. The van der Waals surface area contributed by atoms with E-state index in [1.54, 1.807) is 0 Å². The van der Waals surface area contributed by atoms with Gasteiger partial charge >= 0.3 is 12.1 Å². The van der Waals surface area contributed by atoms with E-state index in [4.69, 9.17) is 5.11 Å². The van der Waals surface area contributed by atoms with E-state index in [2.05, 4.69) is 10.4 Å². The number of rotatable bonds is 9. The van der Waals surface area contributed by atoms with Crippen LogP contribution >= 0.6 is 0 Å². The predicted molar refractivity (Wildman–Crippen MR) is 114 cm³/mol. The molecule has 1 heterocycles. The van der Waals surface area contributed by atoms with Crippen LogP contribution in [0.3, 0.4) is 0 Å². The maximum Gasteiger partial charge on any atom is 0.416 e. The quantitative estimate of drug-likeness (QED) is 0.283. The number of hydrogen-bond donors (Lipinski definition) is 2. The molecule has 188 valence electrons. The second-order valence-corrected chi connectivity index (χ2v) is 7.37. The highest BCUT2D eigenvalue weighted by molar-refractivity contribution is 5.97. The minimum atomic E-state index is -4.55. The van der Waals surface area contributed by atoms with Crippen LogP contribution in [0.15, 0.2) is 60.0 Å². The van der Waals surface area contributed by atoms with Gasteiger partial charge < -0.3 is 10.4 Å². The number of carbonyl (C=O) groups is 2. The van der Waals surface area contributed by atoms with Crippen molar-refractivity contribution in [3.8, 4) is 0 Å². The molecule has 0 atom stereocenters. The van der Waals surface area contributed by atoms with Gasteiger partial charge in [0.15, 0.2) is 0 Å². The number of carboxylic acid groups (broad SMARTS) is 1. The summed E-state index contributed by atoms with van der Waals surface area (Å²) < 4.78 is 79.3. The van der Waals surface area contributed by atoms with E-state index in [0.29, 0.717) is 5.56 Å². The van der Waals surface area contributed by atoms with Crippen molar-refractivity contribution in [2.24, 2.45) is 7.05 Å². The SMILES string of the molecule is CC(=CC=C(C=CF)CNC(=O)c1c(Cc2ccc(C(F)(F)F)cc2)nn(C)c1C(F)F)C(=O)O. The molecule has 0 aliphatic rings. The van der Waals surface area contributed by atoms with Crippen molar-refractivity contribution < 1.29 is 41.0 Å². The van der Waals surface area contributed by atoms with Crippen molar-refractivity contribution in [1.82, 2.24) is 15.1 Å². The number of benzene rings is 1. The topological polar surface area (TPSA) is 84.2 Å². The Bertz CT molecular complexity index is 1160. The molecule has 0 saturated heterocycles. The highest BCUT2D eigenvalue weighted by atomic mass is 19.4. The zero-order valence-corrected chi connectivity index (χ0v) is 18.5. The summed E-state index contributed by atoms with van der Waals surface area (Å²) in [5, 5.41) is 15.2. The number of allylic oxidation sites excluding steroid dienone is 2. The van der Waals surface area contributed by atoms with E-state index in [0.717, 1.165) is 35.0 Å². The largest absolute Gasteiger partial charge is 0.478 e. The van der Waals surface area contributed by atoms with E-state index in [1.807, 2.05) is 0 Å². The molecule has 2 aromatic rings. The van der Waals surface area contributed by atoms with Crippen molar-refractivity contribution in [3.63, 3.8) is 0 Å². The smallest absolute Gasteiger partial charge is 0.416 e. The van der Waals surface area contributed by atoms with Crippen LogP contribution in [0.5, 0.6) is 0 Å². The Kier molecular flexibility index (Phi) is 9.04. The van der Waals surface area contributed by atoms with Crippen molar-refractivity contribution in [3.05, 3.63) is 88.0 Å². The van der Waals surface area contributed by atoms with Crippen LogP contribution in [0.1, 0.15) is 46.2 Å². The third-order valence-corrected chi connectivity index (χ3v) is 4.87. The number of carbonyl (C=O) groups excluding carboxylic acids is 1. The second-order valence-electron chi connectivity index (χ2n) is 7.37. The zero-order chi connectivity index (χ0) is 26.3. The van der Waals surface area contributed by atoms with Crippen LogP contribution in [0, 0.1) is 0 Å². The Hall–Kier alpha value is -3.83. The van der Waals surface area contributed by atoms with Crippen LogP contribution in [-0.4, -0.2) is 33.3 Å². The molecular formula is C23H21F6N3O3. The first kappa shape index (κ1) is 27.4. The summed E-state index contributed by atoms with van der Waals surface area (Å²) in [6, 6.07) is 3.98. The molecule has 0 saturated carbocycles. The van der Waals surface area contributed by atoms with Crippen LogP contribution < -0.4 is 5.32 Å². The second kappa shape index (κ2) is 11.5. The van der Waals surface area contributed by atoms with Gasteiger partial charge in [-0.25, -0.2) is 18.0 Å². The number of aliphatic carboxylic acids is 1. The highest BCUT2D eigenvalue weighted by Crippen LogP contribution is 2.30. The maximum atomic E-state index is 13.7. The van der Waals surface area contributed by atoms with Gasteiger partial charge in [-0.05, 0) is 36.3 Å². The first-order chi connectivity index (χ1) is 16.3. The van der Waals surface area contributed by atoms with Crippen LogP contribution in [0.4, 0.5) is 26.3 Å².